The Balaban J connectivity index is 4.37. The van der Waals surface area contributed by atoms with Crippen LogP contribution < -0.4 is 0 Å². The summed E-state index contributed by atoms with van der Waals surface area (Å²) >= 11 is 0. The summed E-state index contributed by atoms with van der Waals surface area (Å²) in [6.45, 7) is 2.30. The van der Waals surface area contributed by atoms with Crippen molar-refractivity contribution in [1.29, 1.82) is 0 Å². The van der Waals surface area contributed by atoms with Crippen LogP contribution in [0.25, 0.3) is 0 Å². The molecule has 0 aromatic rings. The van der Waals surface area contributed by atoms with Gasteiger partial charge < -0.3 is 24.6 Å². The molecule has 0 rings (SSSR count). The Morgan fingerprint density at radius 1 is 0.536 bits per heavy atom. The molecule has 0 spiro atoms. The van der Waals surface area contributed by atoms with E-state index in [0.717, 1.165) is 44.9 Å². The third kappa shape index (κ3) is 40.1. The Morgan fingerprint density at radius 3 is 1.45 bits per heavy atom. The number of aliphatic hydroxyl groups excluding tert-OH is 2. The molecule has 0 heterocycles. The van der Waals surface area contributed by atoms with Gasteiger partial charge in [0.2, 0.25) is 0 Å². The van der Waals surface area contributed by atoms with E-state index in [1.54, 1.807) is 0 Å². The predicted octanol–water partition coefficient (Wildman–Crippen LogP) is 11.7. The van der Waals surface area contributed by atoms with Gasteiger partial charge in [0.25, 0.3) is 0 Å². The average molecular weight is 813 g/mol. The summed E-state index contributed by atoms with van der Waals surface area (Å²) in [6.07, 6.45) is 43.7. The van der Waals surface area contributed by atoms with Crippen molar-refractivity contribution in [3.8, 4) is 0 Å². The number of hydrogen-bond acceptors (Lipinski definition) is 9. The molecule has 10 nitrogen and oxygen atoms in total. The van der Waals surface area contributed by atoms with Gasteiger partial charge in [0, 0.05) is 12.8 Å². The molecule has 0 bridgehead atoms. The van der Waals surface area contributed by atoms with Crippen LogP contribution in [0.4, 0.5) is 0 Å². The normalized spacial score (nSPS) is 14.3. The zero-order chi connectivity index (χ0) is 41.2. The maximum atomic E-state index is 12.6. The summed E-state index contributed by atoms with van der Waals surface area (Å²) in [5.74, 6) is -0.987. The summed E-state index contributed by atoms with van der Waals surface area (Å²) in [5.41, 5.74) is 0. The first kappa shape index (κ1) is 53.9. The van der Waals surface area contributed by atoms with E-state index < -0.39 is 51.8 Å². The highest BCUT2D eigenvalue weighted by molar-refractivity contribution is 7.47. The number of phosphoric ester groups is 1. The number of aliphatic hydroxyl groups is 2. The summed E-state index contributed by atoms with van der Waals surface area (Å²) in [5, 5.41) is 18.3. The number of esters is 2. The quantitative estimate of drug-likeness (QED) is 0.0236. The first-order valence-electron chi connectivity index (χ1n) is 22.1. The first-order chi connectivity index (χ1) is 27.2. The van der Waals surface area contributed by atoms with Crippen molar-refractivity contribution < 1.29 is 47.8 Å². The van der Waals surface area contributed by atoms with E-state index in [4.69, 9.17) is 19.1 Å². The van der Waals surface area contributed by atoms with Crippen molar-refractivity contribution >= 4 is 19.8 Å². The fourth-order valence-electron chi connectivity index (χ4n) is 5.81. The molecule has 0 aromatic heterocycles. The Morgan fingerprint density at radius 2 is 0.946 bits per heavy atom. The third-order valence-electron chi connectivity index (χ3n) is 9.24. The van der Waals surface area contributed by atoms with Crippen molar-refractivity contribution in [1.82, 2.24) is 0 Å². The molecule has 11 heteroatoms. The third-order valence-corrected chi connectivity index (χ3v) is 10.2. The van der Waals surface area contributed by atoms with Crippen LogP contribution in [0.2, 0.25) is 0 Å². The fraction of sp³-hybridized carbons (Fsp3) is 0.778. The first-order valence-corrected chi connectivity index (χ1v) is 23.6. The van der Waals surface area contributed by atoms with Crippen LogP contribution in [-0.4, -0.2) is 65.7 Å². The van der Waals surface area contributed by atoms with Crippen LogP contribution in [0.3, 0.4) is 0 Å². The predicted molar refractivity (Wildman–Crippen MR) is 228 cm³/mol. The van der Waals surface area contributed by atoms with Gasteiger partial charge in [-0.05, 0) is 51.4 Å². The second-order valence-electron chi connectivity index (χ2n) is 14.7. The fourth-order valence-corrected chi connectivity index (χ4v) is 6.60. The van der Waals surface area contributed by atoms with Gasteiger partial charge in [-0.25, -0.2) is 4.57 Å². The van der Waals surface area contributed by atoms with Crippen LogP contribution in [0.15, 0.2) is 48.6 Å². The van der Waals surface area contributed by atoms with Gasteiger partial charge in [-0.2, -0.15) is 0 Å². The zero-order valence-electron chi connectivity index (χ0n) is 35.3. The highest BCUT2D eigenvalue weighted by atomic mass is 31.2. The van der Waals surface area contributed by atoms with Gasteiger partial charge in [-0.15, -0.1) is 0 Å². The largest absolute Gasteiger partial charge is 0.472 e. The van der Waals surface area contributed by atoms with E-state index in [2.05, 4.69) is 60.9 Å². The van der Waals surface area contributed by atoms with Gasteiger partial charge >= 0.3 is 19.8 Å². The van der Waals surface area contributed by atoms with E-state index in [9.17, 15) is 24.2 Å². The Bertz CT molecular complexity index is 1070. The highest BCUT2D eigenvalue weighted by Gasteiger charge is 2.27. The van der Waals surface area contributed by atoms with E-state index >= 15 is 0 Å². The van der Waals surface area contributed by atoms with Crippen molar-refractivity contribution in [3.63, 3.8) is 0 Å². The summed E-state index contributed by atoms with van der Waals surface area (Å²) in [7, 11) is -4.63. The standard InChI is InChI=1S/C45H81O10P/c1-3-5-7-9-11-13-15-17-19-21-23-24-26-28-30-32-34-36-44(48)52-40-43(41-54-56(50,51)53-39-42(47)38-46)55-45(49)37-35-33-31-29-27-25-22-20-18-16-14-12-10-8-6-4-2/h11,13,17,19,23-24,28,30,42-43,46-47H,3-10,12,14-16,18,20-22,25-27,29,31-41H2,1-2H3,(H,50,51)/b13-11-,19-17-,24-23-,30-28-/t42-,43+/m0/s1. The molecular weight excluding hydrogens is 731 g/mol. The molecule has 326 valence electrons. The molecule has 0 amide bonds. The minimum atomic E-state index is -4.63. The number of ether oxygens (including phenoxy) is 2. The Labute approximate surface area is 341 Å². The molecule has 0 saturated carbocycles. The van der Waals surface area contributed by atoms with Gasteiger partial charge in [-0.1, -0.05) is 172 Å². The second kappa shape index (κ2) is 41.1. The molecule has 3 N–H and O–H groups in total. The monoisotopic (exact) mass is 813 g/mol. The molecule has 0 aliphatic rings. The van der Waals surface area contributed by atoms with Gasteiger partial charge in [0.15, 0.2) is 6.10 Å². The van der Waals surface area contributed by atoms with Crippen LogP contribution in [0.5, 0.6) is 0 Å². The summed E-state index contributed by atoms with van der Waals surface area (Å²) < 4.78 is 32.7. The zero-order valence-corrected chi connectivity index (χ0v) is 36.2. The average Bonchev–Trinajstić information content (AvgIpc) is 3.19. The lowest BCUT2D eigenvalue weighted by atomic mass is 10.0. The molecule has 0 aromatic carbocycles. The lowest BCUT2D eigenvalue weighted by molar-refractivity contribution is -0.161. The van der Waals surface area contributed by atoms with E-state index in [0.29, 0.717) is 19.3 Å². The van der Waals surface area contributed by atoms with Crippen LogP contribution in [0, 0.1) is 0 Å². The summed E-state index contributed by atoms with van der Waals surface area (Å²) in [4.78, 5) is 35.0. The van der Waals surface area contributed by atoms with Crippen LogP contribution >= 0.6 is 7.82 Å². The van der Waals surface area contributed by atoms with Crippen LogP contribution in [-0.2, 0) is 32.7 Å². The lowest BCUT2D eigenvalue weighted by Gasteiger charge is -2.20. The van der Waals surface area contributed by atoms with Crippen molar-refractivity contribution in [3.05, 3.63) is 48.6 Å². The van der Waals surface area contributed by atoms with E-state index in [1.807, 2.05) is 6.08 Å². The van der Waals surface area contributed by atoms with Gasteiger partial charge in [0.1, 0.15) is 12.7 Å². The maximum Gasteiger partial charge on any atom is 0.472 e. The number of allylic oxidation sites excluding steroid dienone is 8. The highest BCUT2D eigenvalue weighted by Crippen LogP contribution is 2.43. The van der Waals surface area contributed by atoms with E-state index in [-0.39, 0.29) is 19.4 Å². The lowest BCUT2D eigenvalue weighted by Crippen LogP contribution is -2.29. The molecule has 3 atom stereocenters. The molecule has 0 saturated heterocycles. The number of phosphoric acid groups is 1. The maximum absolute atomic E-state index is 12.6. The minimum absolute atomic E-state index is 0.166. The number of carbonyl (C=O) groups is 2. The number of carbonyl (C=O) groups excluding carboxylic acids is 2. The number of rotatable bonds is 41. The van der Waals surface area contributed by atoms with Crippen LogP contribution in [0.1, 0.15) is 187 Å². The number of unbranched alkanes of at least 4 members (excludes halogenated alkanes) is 19. The molecule has 56 heavy (non-hydrogen) atoms. The molecule has 0 fully saturated rings. The molecule has 0 aliphatic heterocycles. The topological polar surface area (TPSA) is 149 Å². The second-order valence-corrected chi connectivity index (χ2v) is 16.2. The Kier molecular flexibility index (Phi) is 39.6. The van der Waals surface area contributed by atoms with Gasteiger partial charge in [0.05, 0.1) is 19.8 Å². The van der Waals surface area contributed by atoms with Gasteiger partial charge in [-0.3, -0.25) is 18.6 Å². The molecule has 1 unspecified atom stereocenters. The Hall–Kier alpha value is -2.07. The SMILES string of the molecule is CCCCC/C=C\C/C=C\C/C=C\C/C=C\CCCC(=O)OC[C@H](COP(=O)(O)OC[C@@H](O)CO)OC(=O)CCCCCCCCCCCCCCCCCC. The van der Waals surface area contributed by atoms with Crippen molar-refractivity contribution in [2.24, 2.45) is 0 Å². The number of hydrogen-bond donors (Lipinski definition) is 3. The smallest absolute Gasteiger partial charge is 0.462 e. The molecular formula is C45H81O10P. The summed E-state index contributed by atoms with van der Waals surface area (Å²) in [6, 6.07) is 0. The molecule has 0 radical (unpaired) electrons. The van der Waals surface area contributed by atoms with Crippen molar-refractivity contribution in [2.45, 2.75) is 199 Å². The minimum Gasteiger partial charge on any atom is -0.462 e. The van der Waals surface area contributed by atoms with Crippen molar-refractivity contribution in [2.75, 3.05) is 26.4 Å². The molecule has 0 aliphatic carbocycles. The van der Waals surface area contributed by atoms with E-state index in [1.165, 1.54) is 96.3 Å².